The van der Waals surface area contributed by atoms with E-state index >= 15 is 0 Å². The van der Waals surface area contributed by atoms with Crippen molar-refractivity contribution in [2.75, 3.05) is 18.4 Å². The summed E-state index contributed by atoms with van der Waals surface area (Å²) >= 11 is 3.55. The minimum atomic E-state index is -0.609. The second-order valence-electron chi connectivity index (χ2n) is 7.05. The lowest BCUT2D eigenvalue weighted by Gasteiger charge is -2.35. The minimum absolute atomic E-state index is 0.495. The van der Waals surface area contributed by atoms with E-state index in [-0.39, 0.29) is 0 Å². The van der Waals surface area contributed by atoms with Crippen LogP contribution in [0.15, 0.2) is 34.9 Å². The summed E-state index contributed by atoms with van der Waals surface area (Å²) in [5.74, 6) is 0. The lowest BCUT2D eigenvalue weighted by Crippen LogP contribution is -2.39. The quantitative estimate of drug-likeness (QED) is 0.816. The van der Waals surface area contributed by atoms with Crippen LogP contribution in [0.2, 0.25) is 0 Å². The molecule has 1 saturated carbocycles. The number of nitrogens with zero attached hydrogens (tertiary/aromatic N) is 2. The maximum atomic E-state index is 13.4. The van der Waals surface area contributed by atoms with E-state index in [1.807, 2.05) is 18.3 Å². The summed E-state index contributed by atoms with van der Waals surface area (Å²) in [4.78, 5) is 6.81. The Morgan fingerprint density at radius 2 is 1.96 bits per heavy atom. The molecule has 1 saturated heterocycles. The molecule has 128 valence electrons. The van der Waals surface area contributed by atoms with Gasteiger partial charge in [0, 0.05) is 46.9 Å². The molecule has 0 amide bonds. The van der Waals surface area contributed by atoms with Crippen molar-refractivity contribution >= 4 is 32.5 Å². The van der Waals surface area contributed by atoms with Crippen molar-refractivity contribution in [3.63, 3.8) is 0 Å². The van der Waals surface area contributed by atoms with Crippen molar-refractivity contribution in [2.45, 2.75) is 50.4 Å². The molecule has 1 aliphatic heterocycles. The van der Waals surface area contributed by atoms with Crippen molar-refractivity contribution in [3.05, 3.63) is 34.9 Å². The highest BCUT2D eigenvalue weighted by molar-refractivity contribution is 9.10. The molecule has 1 aromatic heterocycles. The summed E-state index contributed by atoms with van der Waals surface area (Å²) in [6.07, 6.45) is 6.61. The molecule has 0 spiro atoms. The first kappa shape index (κ1) is 16.3. The average Bonchev–Trinajstić information content (AvgIpc) is 3.03. The van der Waals surface area contributed by atoms with Crippen LogP contribution >= 0.6 is 15.9 Å². The predicted molar refractivity (Wildman–Crippen MR) is 100 cm³/mol. The maximum absolute atomic E-state index is 13.4. The van der Waals surface area contributed by atoms with Crippen molar-refractivity contribution < 1.29 is 4.39 Å². The Labute approximate surface area is 150 Å². The SMILES string of the molecule is F[C@@H]1CCN(C2CCC(Nc3ccnc4ccc(Br)cc34)CC2)C1. The average molecular weight is 392 g/mol. The number of anilines is 1. The largest absolute Gasteiger partial charge is 0.382 e. The van der Waals surface area contributed by atoms with E-state index < -0.39 is 6.17 Å². The number of rotatable bonds is 3. The summed E-state index contributed by atoms with van der Waals surface area (Å²) < 4.78 is 14.5. The molecule has 0 unspecified atom stereocenters. The van der Waals surface area contributed by atoms with Crippen LogP contribution in [0.3, 0.4) is 0 Å². The van der Waals surface area contributed by atoms with E-state index in [1.165, 1.54) is 0 Å². The molecular weight excluding hydrogens is 369 g/mol. The van der Waals surface area contributed by atoms with E-state index in [0.29, 0.717) is 18.6 Å². The summed E-state index contributed by atoms with van der Waals surface area (Å²) in [7, 11) is 0. The van der Waals surface area contributed by atoms with Gasteiger partial charge in [-0.1, -0.05) is 15.9 Å². The number of benzene rings is 1. The minimum Gasteiger partial charge on any atom is -0.382 e. The Morgan fingerprint density at radius 1 is 1.12 bits per heavy atom. The Kier molecular flexibility index (Phi) is 4.72. The van der Waals surface area contributed by atoms with E-state index in [2.05, 4.69) is 43.3 Å². The van der Waals surface area contributed by atoms with Crippen LogP contribution in [0, 0.1) is 0 Å². The van der Waals surface area contributed by atoms with Crippen molar-refractivity contribution in [2.24, 2.45) is 0 Å². The van der Waals surface area contributed by atoms with Gasteiger partial charge in [-0.2, -0.15) is 0 Å². The molecule has 2 fully saturated rings. The number of alkyl halides is 1. The first-order valence-electron chi connectivity index (χ1n) is 8.88. The zero-order valence-electron chi connectivity index (χ0n) is 13.7. The molecule has 1 aliphatic carbocycles. The molecule has 0 bridgehead atoms. The number of nitrogens with one attached hydrogen (secondary N) is 1. The van der Waals surface area contributed by atoms with Crippen molar-refractivity contribution in [3.8, 4) is 0 Å². The van der Waals surface area contributed by atoms with Gasteiger partial charge in [-0.15, -0.1) is 0 Å². The van der Waals surface area contributed by atoms with Crippen molar-refractivity contribution in [1.82, 2.24) is 9.88 Å². The molecule has 2 aromatic rings. The normalized spacial score (nSPS) is 28.3. The molecule has 2 aliphatic rings. The van der Waals surface area contributed by atoms with Gasteiger partial charge in [0.25, 0.3) is 0 Å². The number of hydrogen-bond acceptors (Lipinski definition) is 3. The van der Waals surface area contributed by atoms with Gasteiger partial charge in [-0.05, 0) is 56.4 Å². The zero-order chi connectivity index (χ0) is 16.5. The first-order chi connectivity index (χ1) is 11.7. The molecule has 1 atom stereocenters. The van der Waals surface area contributed by atoms with E-state index in [1.54, 1.807) is 0 Å². The highest BCUT2D eigenvalue weighted by atomic mass is 79.9. The number of halogens is 2. The molecular formula is C19H23BrFN3. The van der Waals surface area contributed by atoms with Crippen LogP contribution in [-0.4, -0.2) is 41.2 Å². The number of hydrogen-bond donors (Lipinski definition) is 1. The summed E-state index contributed by atoms with van der Waals surface area (Å²) in [6.45, 7) is 1.58. The highest BCUT2D eigenvalue weighted by Crippen LogP contribution is 2.31. The molecule has 1 aromatic carbocycles. The Hall–Kier alpha value is -1.20. The summed E-state index contributed by atoms with van der Waals surface area (Å²) in [6, 6.07) is 9.33. The first-order valence-corrected chi connectivity index (χ1v) is 9.67. The number of fused-ring (bicyclic) bond motifs is 1. The number of aromatic nitrogens is 1. The van der Waals surface area contributed by atoms with Crippen LogP contribution in [0.1, 0.15) is 32.1 Å². The van der Waals surface area contributed by atoms with Crippen LogP contribution in [0.4, 0.5) is 10.1 Å². The molecule has 2 heterocycles. The molecule has 1 N–H and O–H groups in total. The second-order valence-corrected chi connectivity index (χ2v) is 7.97. The van der Waals surface area contributed by atoms with Gasteiger partial charge < -0.3 is 5.32 Å². The molecule has 4 rings (SSSR count). The molecule has 3 nitrogen and oxygen atoms in total. The van der Waals surface area contributed by atoms with Crippen molar-refractivity contribution in [1.29, 1.82) is 0 Å². The molecule has 0 radical (unpaired) electrons. The fourth-order valence-electron chi connectivity index (χ4n) is 4.12. The zero-order valence-corrected chi connectivity index (χ0v) is 15.3. The van der Waals surface area contributed by atoms with Gasteiger partial charge in [-0.25, -0.2) is 4.39 Å². The summed E-state index contributed by atoms with van der Waals surface area (Å²) in [5, 5.41) is 4.88. The third-order valence-electron chi connectivity index (χ3n) is 5.44. The summed E-state index contributed by atoms with van der Waals surface area (Å²) in [5.41, 5.74) is 2.18. The lowest BCUT2D eigenvalue weighted by atomic mass is 9.90. The topological polar surface area (TPSA) is 28.2 Å². The smallest absolute Gasteiger partial charge is 0.114 e. The van der Waals surface area contributed by atoms with Gasteiger partial charge in [0.05, 0.1) is 5.52 Å². The van der Waals surface area contributed by atoms with E-state index in [4.69, 9.17) is 0 Å². The van der Waals surface area contributed by atoms with Crippen LogP contribution in [0.5, 0.6) is 0 Å². The van der Waals surface area contributed by atoms with E-state index in [9.17, 15) is 4.39 Å². The van der Waals surface area contributed by atoms with E-state index in [0.717, 1.165) is 59.7 Å². The Balaban J connectivity index is 1.41. The Morgan fingerprint density at radius 3 is 2.71 bits per heavy atom. The molecule has 24 heavy (non-hydrogen) atoms. The van der Waals surface area contributed by atoms with Gasteiger partial charge in [0.2, 0.25) is 0 Å². The predicted octanol–water partition coefficient (Wildman–Crippen LogP) is 4.76. The van der Waals surface area contributed by atoms with Gasteiger partial charge in [-0.3, -0.25) is 9.88 Å². The second kappa shape index (κ2) is 6.96. The molecule has 5 heteroatoms. The maximum Gasteiger partial charge on any atom is 0.114 e. The van der Waals surface area contributed by atoms with Crippen LogP contribution < -0.4 is 5.32 Å². The fourth-order valence-corrected chi connectivity index (χ4v) is 4.49. The van der Waals surface area contributed by atoms with Gasteiger partial charge >= 0.3 is 0 Å². The number of likely N-dealkylation sites (tertiary alicyclic amines) is 1. The fraction of sp³-hybridized carbons (Fsp3) is 0.526. The lowest BCUT2D eigenvalue weighted by molar-refractivity contribution is 0.173. The monoisotopic (exact) mass is 391 g/mol. The van der Waals surface area contributed by atoms with Crippen LogP contribution in [0.25, 0.3) is 10.9 Å². The third-order valence-corrected chi connectivity index (χ3v) is 5.93. The number of pyridine rings is 1. The highest BCUT2D eigenvalue weighted by Gasteiger charge is 2.31. The van der Waals surface area contributed by atoms with Crippen LogP contribution in [-0.2, 0) is 0 Å². The standard InChI is InChI=1S/C19H23BrFN3/c20-13-1-6-18-17(11-13)19(7-9-22-18)23-15-2-4-16(5-3-15)24-10-8-14(21)12-24/h1,6-7,9,11,14-16H,2-5,8,10,12H2,(H,22,23)/t14-,15?,16?/m1/s1. The third kappa shape index (κ3) is 3.42. The Bertz CT molecular complexity index is 715. The van der Waals surface area contributed by atoms with Gasteiger partial charge in [0.1, 0.15) is 6.17 Å². The van der Waals surface area contributed by atoms with Gasteiger partial charge in [0.15, 0.2) is 0 Å².